The Labute approximate surface area is 132 Å². The van der Waals surface area contributed by atoms with Crippen molar-refractivity contribution in [2.75, 3.05) is 5.32 Å². The van der Waals surface area contributed by atoms with Crippen molar-refractivity contribution in [1.29, 1.82) is 0 Å². The highest BCUT2D eigenvalue weighted by Crippen LogP contribution is 2.47. The summed E-state index contributed by atoms with van der Waals surface area (Å²) in [6.07, 6.45) is -0.348. The molecular formula is C17H14ClNO3. The lowest BCUT2D eigenvalue weighted by atomic mass is 9.72. The van der Waals surface area contributed by atoms with Crippen molar-refractivity contribution in [2.24, 2.45) is 0 Å². The second-order valence-corrected chi connectivity index (χ2v) is 5.87. The van der Waals surface area contributed by atoms with Crippen molar-refractivity contribution < 1.29 is 14.7 Å². The number of carboxylic acids is 1. The quantitative estimate of drug-likeness (QED) is 0.912. The Morgan fingerprint density at radius 3 is 2.64 bits per heavy atom. The minimum absolute atomic E-state index is 0.348. The number of halogens is 1. The van der Waals surface area contributed by atoms with Gasteiger partial charge in [-0.3, -0.25) is 9.59 Å². The highest BCUT2D eigenvalue weighted by molar-refractivity contribution is 6.32. The predicted molar refractivity (Wildman–Crippen MR) is 84.3 cm³/mol. The predicted octanol–water partition coefficient (Wildman–Crippen LogP) is 3.36. The van der Waals surface area contributed by atoms with Crippen molar-refractivity contribution >= 4 is 29.2 Å². The number of carboxylic acid groups (broad SMARTS) is 1. The zero-order valence-electron chi connectivity index (χ0n) is 11.9. The molecule has 2 aromatic carbocycles. The Kier molecular flexibility index (Phi) is 3.41. The van der Waals surface area contributed by atoms with Gasteiger partial charge in [-0.05, 0) is 30.2 Å². The summed E-state index contributed by atoms with van der Waals surface area (Å²) < 4.78 is 0. The third-order valence-electron chi connectivity index (χ3n) is 4.02. The number of anilines is 1. The second kappa shape index (κ2) is 5.14. The highest BCUT2D eigenvalue weighted by Gasteiger charge is 2.50. The molecule has 0 aliphatic carbocycles. The van der Waals surface area contributed by atoms with Crippen LogP contribution in [0, 0.1) is 6.92 Å². The van der Waals surface area contributed by atoms with Crippen molar-refractivity contribution in [2.45, 2.75) is 18.8 Å². The summed E-state index contributed by atoms with van der Waals surface area (Å²) in [5.41, 5.74) is 1.47. The number of aliphatic carboxylic acids is 1. The summed E-state index contributed by atoms with van der Waals surface area (Å²) in [7, 11) is 0. The van der Waals surface area contributed by atoms with Gasteiger partial charge in [-0.1, -0.05) is 47.5 Å². The molecule has 1 atom stereocenters. The van der Waals surface area contributed by atoms with Gasteiger partial charge in [0, 0.05) is 10.7 Å². The van der Waals surface area contributed by atoms with Gasteiger partial charge < -0.3 is 10.4 Å². The van der Waals surface area contributed by atoms with Crippen LogP contribution in [0.5, 0.6) is 0 Å². The van der Waals surface area contributed by atoms with Gasteiger partial charge in [-0.2, -0.15) is 0 Å². The van der Waals surface area contributed by atoms with Crippen LogP contribution >= 0.6 is 11.6 Å². The molecule has 0 aromatic heterocycles. The normalized spacial score (nSPS) is 19.6. The molecule has 0 bridgehead atoms. The number of fused-ring (bicyclic) bond motifs is 1. The number of amides is 1. The van der Waals surface area contributed by atoms with Crippen LogP contribution in [0.15, 0.2) is 42.5 Å². The molecule has 4 nitrogen and oxygen atoms in total. The molecule has 22 heavy (non-hydrogen) atoms. The molecule has 0 saturated carbocycles. The molecule has 0 saturated heterocycles. The number of carbonyl (C=O) groups excluding carboxylic acids is 1. The van der Waals surface area contributed by atoms with Crippen LogP contribution in [-0.4, -0.2) is 17.0 Å². The van der Waals surface area contributed by atoms with E-state index in [9.17, 15) is 14.7 Å². The molecular weight excluding hydrogens is 302 g/mol. The van der Waals surface area contributed by atoms with Crippen LogP contribution in [0.2, 0.25) is 5.02 Å². The van der Waals surface area contributed by atoms with Crippen LogP contribution in [0.4, 0.5) is 5.69 Å². The summed E-state index contributed by atoms with van der Waals surface area (Å²) in [5, 5.41) is 12.5. The number of rotatable bonds is 3. The molecule has 5 heteroatoms. The maximum atomic E-state index is 12.7. The van der Waals surface area contributed by atoms with E-state index < -0.39 is 11.4 Å². The second-order valence-electron chi connectivity index (χ2n) is 5.46. The van der Waals surface area contributed by atoms with Crippen molar-refractivity contribution in [1.82, 2.24) is 0 Å². The standard InChI is InChI=1S/C17H14ClNO3/c1-10-6-7-14-12(8-10)17(9-15(20)21,16(22)19-14)11-4-2-3-5-13(11)18/h2-8H,9H2,1H3,(H,19,22)(H,20,21). The lowest BCUT2D eigenvalue weighted by Gasteiger charge is -2.27. The number of carbonyl (C=O) groups is 2. The Morgan fingerprint density at radius 2 is 1.95 bits per heavy atom. The minimum atomic E-state index is -1.30. The molecule has 2 N–H and O–H groups in total. The van der Waals surface area contributed by atoms with Gasteiger partial charge >= 0.3 is 5.97 Å². The number of hydrogen-bond donors (Lipinski definition) is 2. The van der Waals surface area contributed by atoms with Crippen LogP contribution in [0.3, 0.4) is 0 Å². The van der Waals surface area contributed by atoms with Gasteiger partial charge in [0.25, 0.3) is 0 Å². The lowest BCUT2D eigenvalue weighted by Crippen LogP contribution is -2.38. The molecule has 2 aromatic rings. The first-order valence-corrected chi connectivity index (χ1v) is 7.22. The number of nitrogens with one attached hydrogen (secondary N) is 1. The van der Waals surface area contributed by atoms with Crippen molar-refractivity contribution in [3.05, 3.63) is 64.2 Å². The van der Waals surface area contributed by atoms with E-state index in [1.54, 1.807) is 30.3 Å². The first kappa shape index (κ1) is 14.6. The smallest absolute Gasteiger partial charge is 0.305 e. The Morgan fingerprint density at radius 1 is 1.23 bits per heavy atom. The topological polar surface area (TPSA) is 66.4 Å². The van der Waals surface area contributed by atoms with Crippen molar-refractivity contribution in [3.8, 4) is 0 Å². The van der Waals surface area contributed by atoms with E-state index in [1.165, 1.54) is 0 Å². The van der Waals surface area contributed by atoms with Crippen LogP contribution in [0.25, 0.3) is 0 Å². The van der Waals surface area contributed by atoms with E-state index in [0.717, 1.165) is 5.56 Å². The average Bonchev–Trinajstić information content (AvgIpc) is 2.72. The summed E-state index contributed by atoms with van der Waals surface area (Å²) >= 11 is 6.28. The molecule has 112 valence electrons. The number of benzene rings is 2. The number of aryl methyl sites for hydroxylation is 1. The fourth-order valence-corrected chi connectivity index (χ4v) is 3.34. The molecule has 1 unspecified atom stereocenters. The summed E-state index contributed by atoms with van der Waals surface area (Å²) in [5.74, 6) is -1.41. The molecule has 1 heterocycles. The van der Waals surface area contributed by atoms with E-state index in [1.807, 2.05) is 19.1 Å². The van der Waals surface area contributed by atoms with Gasteiger partial charge in [-0.25, -0.2) is 0 Å². The molecule has 0 fully saturated rings. The van der Waals surface area contributed by atoms with Gasteiger partial charge in [0.2, 0.25) is 5.91 Å². The Hall–Kier alpha value is -2.33. The maximum absolute atomic E-state index is 12.7. The molecule has 1 aliphatic heterocycles. The SMILES string of the molecule is Cc1ccc2c(c1)C(CC(=O)O)(c1ccccc1Cl)C(=O)N2. The monoisotopic (exact) mass is 315 g/mol. The lowest BCUT2D eigenvalue weighted by molar-refractivity contribution is -0.140. The minimum Gasteiger partial charge on any atom is -0.481 e. The summed E-state index contributed by atoms with van der Waals surface area (Å²) in [4.78, 5) is 24.2. The highest BCUT2D eigenvalue weighted by atomic mass is 35.5. The third kappa shape index (κ3) is 2.07. The fourth-order valence-electron chi connectivity index (χ4n) is 3.04. The Balaban J connectivity index is 2.33. The van der Waals surface area contributed by atoms with Crippen molar-refractivity contribution in [3.63, 3.8) is 0 Å². The van der Waals surface area contributed by atoms with Gasteiger partial charge in [0.05, 0.1) is 6.42 Å². The van der Waals surface area contributed by atoms with E-state index in [0.29, 0.717) is 21.8 Å². The molecule has 0 radical (unpaired) electrons. The average molecular weight is 316 g/mol. The number of hydrogen-bond acceptors (Lipinski definition) is 2. The van der Waals surface area contributed by atoms with Crippen LogP contribution in [-0.2, 0) is 15.0 Å². The third-order valence-corrected chi connectivity index (χ3v) is 4.35. The van der Waals surface area contributed by atoms with Crippen LogP contribution < -0.4 is 5.32 Å². The van der Waals surface area contributed by atoms with E-state index in [2.05, 4.69) is 5.32 Å². The first-order valence-electron chi connectivity index (χ1n) is 6.84. The Bertz CT molecular complexity index is 787. The fraction of sp³-hybridized carbons (Fsp3) is 0.176. The molecule has 1 aliphatic rings. The zero-order chi connectivity index (χ0) is 15.9. The molecule has 0 spiro atoms. The molecule has 3 rings (SSSR count). The maximum Gasteiger partial charge on any atom is 0.305 e. The molecule has 1 amide bonds. The first-order chi connectivity index (χ1) is 10.4. The largest absolute Gasteiger partial charge is 0.481 e. The van der Waals surface area contributed by atoms with Gasteiger partial charge in [-0.15, -0.1) is 0 Å². The van der Waals surface area contributed by atoms with Gasteiger partial charge in [0.1, 0.15) is 5.41 Å². The van der Waals surface area contributed by atoms with E-state index in [4.69, 9.17) is 11.6 Å². The summed E-state index contributed by atoms with van der Waals surface area (Å²) in [6, 6.07) is 12.4. The van der Waals surface area contributed by atoms with Gasteiger partial charge in [0.15, 0.2) is 0 Å². The zero-order valence-corrected chi connectivity index (χ0v) is 12.6. The summed E-state index contributed by atoms with van der Waals surface area (Å²) in [6.45, 7) is 1.90. The van der Waals surface area contributed by atoms with Crippen LogP contribution in [0.1, 0.15) is 23.1 Å². The van der Waals surface area contributed by atoms with E-state index >= 15 is 0 Å². The van der Waals surface area contributed by atoms with E-state index in [-0.39, 0.29) is 12.3 Å².